The summed E-state index contributed by atoms with van der Waals surface area (Å²) in [6.45, 7) is 1.54. The largest absolute Gasteiger partial charge is 0.481 e. The molecule has 0 radical (unpaired) electrons. The number of carbonyl (C=O) groups excluding carboxylic acids is 1. The van der Waals surface area contributed by atoms with Crippen LogP contribution in [0.3, 0.4) is 0 Å². The third-order valence-electron chi connectivity index (χ3n) is 2.86. The van der Waals surface area contributed by atoms with E-state index in [0.29, 0.717) is 5.75 Å². The summed E-state index contributed by atoms with van der Waals surface area (Å²) in [4.78, 5) is 15.3. The topological polar surface area (TPSA) is 77.2 Å². The van der Waals surface area contributed by atoms with Crippen LogP contribution in [0.25, 0.3) is 0 Å². The Kier molecular flexibility index (Phi) is 5.08. The highest BCUT2D eigenvalue weighted by Gasteiger charge is 2.39. The molecule has 0 spiro atoms. The van der Waals surface area contributed by atoms with E-state index in [9.17, 15) is 18.0 Å². The molecule has 1 aromatic carbocycles. The number of hydrogen-bond acceptors (Lipinski definition) is 5. The van der Waals surface area contributed by atoms with Crippen LogP contribution in [-0.4, -0.2) is 22.7 Å². The van der Waals surface area contributed by atoms with Crippen LogP contribution in [0.15, 0.2) is 28.8 Å². The zero-order valence-electron chi connectivity index (χ0n) is 12.4. The van der Waals surface area contributed by atoms with Gasteiger partial charge in [-0.1, -0.05) is 11.1 Å². The summed E-state index contributed by atoms with van der Waals surface area (Å²) in [5, 5.41) is 5.69. The molecule has 6 nitrogen and oxygen atoms in total. The molecule has 0 saturated heterocycles. The molecule has 24 heavy (non-hydrogen) atoms. The number of hydrogen-bond donors (Lipinski definition) is 1. The Hall–Kier alpha value is -3.02. The lowest BCUT2D eigenvalue weighted by atomic mass is 10.2. The minimum atomic E-state index is -4.73. The molecular formula is C15H12F3N3O3. The minimum Gasteiger partial charge on any atom is -0.481 e. The Balaban J connectivity index is 2.01. The SMILES string of the molecule is C#CCOc1ccc(C(=O)NC(C)c2noc(C(F)(F)F)n2)cc1. The van der Waals surface area contributed by atoms with Gasteiger partial charge in [-0.05, 0) is 31.2 Å². The standard InChI is InChI=1S/C15H12F3N3O3/c1-3-8-23-11-6-4-10(5-7-11)13(22)19-9(2)12-20-14(24-21-12)15(16,17)18/h1,4-7,9H,8H2,2H3,(H,19,22). The second kappa shape index (κ2) is 7.04. The van der Waals surface area contributed by atoms with Crippen molar-refractivity contribution in [1.82, 2.24) is 15.5 Å². The van der Waals surface area contributed by atoms with Crippen LogP contribution in [0.5, 0.6) is 5.75 Å². The predicted molar refractivity (Wildman–Crippen MR) is 76.0 cm³/mol. The minimum absolute atomic E-state index is 0.0992. The van der Waals surface area contributed by atoms with E-state index < -0.39 is 24.0 Å². The molecule has 1 amide bonds. The van der Waals surface area contributed by atoms with Crippen molar-refractivity contribution in [2.75, 3.05) is 6.61 Å². The van der Waals surface area contributed by atoms with Gasteiger partial charge < -0.3 is 14.6 Å². The van der Waals surface area contributed by atoms with Gasteiger partial charge >= 0.3 is 12.1 Å². The zero-order chi connectivity index (χ0) is 17.7. The predicted octanol–water partition coefficient (Wildman–Crippen LogP) is 2.59. The summed E-state index contributed by atoms with van der Waals surface area (Å²) in [5.74, 6) is 0.550. The van der Waals surface area contributed by atoms with E-state index in [0.717, 1.165) is 0 Å². The Morgan fingerprint density at radius 3 is 2.62 bits per heavy atom. The first-order valence-electron chi connectivity index (χ1n) is 6.69. The highest BCUT2D eigenvalue weighted by atomic mass is 19.4. The maximum absolute atomic E-state index is 12.4. The molecule has 126 valence electrons. The summed E-state index contributed by atoms with van der Waals surface area (Å²) in [6, 6.07) is 5.21. The fraction of sp³-hybridized carbons (Fsp3) is 0.267. The number of alkyl halides is 3. The van der Waals surface area contributed by atoms with Crippen LogP contribution in [-0.2, 0) is 6.18 Å². The normalized spacial score (nSPS) is 12.3. The monoisotopic (exact) mass is 339 g/mol. The molecule has 0 aliphatic carbocycles. The average molecular weight is 339 g/mol. The summed E-state index contributed by atoms with van der Waals surface area (Å²) < 4.78 is 46.5. The van der Waals surface area contributed by atoms with Gasteiger partial charge in [0.1, 0.15) is 12.4 Å². The van der Waals surface area contributed by atoms with E-state index in [2.05, 4.69) is 25.9 Å². The first kappa shape index (κ1) is 17.3. The Bertz CT molecular complexity index is 748. The van der Waals surface area contributed by atoms with Gasteiger partial charge in [0.25, 0.3) is 5.91 Å². The lowest BCUT2D eigenvalue weighted by molar-refractivity contribution is -0.159. The number of benzene rings is 1. The van der Waals surface area contributed by atoms with Crippen molar-refractivity contribution in [1.29, 1.82) is 0 Å². The van der Waals surface area contributed by atoms with Crippen LogP contribution >= 0.6 is 0 Å². The van der Waals surface area contributed by atoms with Crippen LogP contribution in [0.2, 0.25) is 0 Å². The molecule has 2 aromatic rings. The number of terminal acetylenes is 1. The number of aromatic nitrogens is 2. The molecule has 1 aromatic heterocycles. The third-order valence-corrected chi connectivity index (χ3v) is 2.86. The highest BCUT2D eigenvalue weighted by molar-refractivity contribution is 5.94. The van der Waals surface area contributed by atoms with Gasteiger partial charge in [0.15, 0.2) is 5.82 Å². The van der Waals surface area contributed by atoms with E-state index in [-0.39, 0.29) is 18.0 Å². The van der Waals surface area contributed by atoms with Crippen LogP contribution in [0.4, 0.5) is 13.2 Å². The lowest BCUT2D eigenvalue weighted by Gasteiger charge is -2.10. The molecule has 1 heterocycles. The van der Waals surface area contributed by atoms with Gasteiger partial charge in [-0.25, -0.2) is 0 Å². The quantitative estimate of drug-likeness (QED) is 0.847. The summed E-state index contributed by atoms with van der Waals surface area (Å²) in [5.41, 5.74) is 0.287. The van der Waals surface area contributed by atoms with Crippen molar-refractivity contribution in [2.24, 2.45) is 0 Å². The smallest absolute Gasteiger partial charge is 0.471 e. The average Bonchev–Trinajstić information content (AvgIpc) is 3.03. The van der Waals surface area contributed by atoms with E-state index in [1.54, 1.807) is 12.1 Å². The molecule has 2 rings (SSSR count). The van der Waals surface area contributed by atoms with Crippen molar-refractivity contribution in [3.63, 3.8) is 0 Å². The van der Waals surface area contributed by atoms with Gasteiger partial charge in [-0.15, -0.1) is 6.42 Å². The van der Waals surface area contributed by atoms with Crippen LogP contribution in [0.1, 0.15) is 35.0 Å². The molecule has 0 bridgehead atoms. The fourth-order valence-electron chi connectivity index (χ4n) is 1.70. The van der Waals surface area contributed by atoms with Crippen LogP contribution in [0, 0.1) is 12.3 Å². The van der Waals surface area contributed by atoms with Crippen molar-refractivity contribution >= 4 is 5.91 Å². The van der Waals surface area contributed by atoms with Crippen molar-refractivity contribution in [3.05, 3.63) is 41.5 Å². The molecule has 1 unspecified atom stereocenters. The Morgan fingerprint density at radius 2 is 2.08 bits per heavy atom. The Labute approximate surface area is 135 Å². The van der Waals surface area contributed by atoms with Gasteiger partial charge in [-0.3, -0.25) is 4.79 Å². The Morgan fingerprint density at radius 1 is 1.42 bits per heavy atom. The zero-order valence-corrected chi connectivity index (χ0v) is 12.4. The van der Waals surface area contributed by atoms with E-state index in [1.165, 1.54) is 19.1 Å². The molecule has 1 atom stereocenters. The fourth-order valence-corrected chi connectivity index (χ4v) is 1.70. The molecule has 0 fully saturated rings. The number of halogens is 3. The van der Waals surface area contributed by atoms with Crippen molar-refractivity contribution in [2.45, 2.75) is 19.1 Å². The molecule has 9 heteroatoms. The number of ether oxygens (including phenoxy) is 1. The first-order chi connectivity index (χ1) is 11.3. The van der Waals surface area contributed by atoms with Crippen LogP contribution < -0.4 is 10.1 Å². The highest BCUT2D eigenvalue weighted by Crippen LogP contribution is 2.28. The molecule has 0 aliphatic heterocycles. The first-order valence-corrected chi connectivity index (χ1v) is 6.69. The van der Waals surface area contributed by atoms with Crippen molar-refractivity contribution < 1.29 is 27.2 Å². The van der Waals surface area contributed by atoms with E-state index >= 15 is 0 Å². The maximum atomic E-state index is 12.4. The lowest BCUT2D eigenvalue weighted by Crippen LogP contribution is -2.27. The summed E-state index contributed by atoms with van der Waals surface area (Å²) >= 11 is 0. The summed E-state index contributed by atoms with van der Waals surface area (Å²) in [7, 11) is 0. The third kappa shape index (κ3) is 4.25. The van der Waals surface area contributed by atoms with Crippen molar-refractivity contribution in [3.8, 4) is 18.1 Å². The molecule has 0 saturated carbocycles. The summed E-state index contributed by atoms with van der Waals surface area (Å²) in [6.07, 6.45) is 0.331. The number of rotatable bonds is 5. The number of nitrogens with zero attached hydrogens (tertiary/aromatic N) is 2. The molecular weight excluding hydrogens is 327 g/mol. The second-order valence-corrected chi connectivity index (χ2v) is 4.67. The molecule has 0 aliphatic rings. The number of carbonyl (C=O) groups is 1. The maximum Gasteiger partial charge on any atom is 0.471 e. The number of nitrogens with one attached hydrogen (secondary N) is 1. The molecule has 1 N–H and O–H groups in total. The van der Waals surface area contributed by atoms with E-state index in [4.69, 9.17) is 11.2 Å². The van der Waals surface area contributed by atoms with Gasteiger partial charge in [0.05, 0.1) is 6.04 Å². The second-order valence-electron chi connectivity index (χ2n) is 4.67. The van der Waals surface area contributed by atoms with Gasteiger partial charge in [0, 0.05) is 5.56 Å². The van der Waals surface area contributed by atoms with E-state index in [1.807, 2.05) is 0 Å². The van der Waals surface area contributed by atoms with Gasteiger partial charge in [0.2, 0.25) is 0 Å². The number of amides is 1. The van der Waals surface area contributed by atoms with Gasteiger partial charge in [-0.2, -0.15) is 18.2 Å².